The van der Waals surface area contributed by atoms with E-state index < -0.39 is 0 Å². The molecular weight excluding hydrogens is 1800 g/mol. The molecule has 7 aromatic heterocycles. The van der Waals surface area contributed by atoms with Gasteiger partial charge in [-0.2, -0.15) is 11.3 Å². The average molecular weight is 2020 g/mol. The number of aromatic amines is 1. The molecule has 3 aliphatic rings. The van der Waals surface area contributed by atoms with Gasteiger partial charge in [-0.15, -0.1) is 11.3 Å². The molecule has 2 aliphatic heterocycles. The highest BCUT2D eigenvalue weighted by atomic mass is 32.1. The first-order valence-corrected chi connectivity index (χ1v) is 57.0. The smallest absolute Gasteiger partial charge is 0.250 e. The fraction of sp³-hybridized carbons (Fsp3) is 0.568. The second kappa shape index (κ2) is 86.2. The third-order valence-electron chi connectivity index (χ3n) is 24.5. The number of rotatable bonds is 15. The first kappa shape index (κ1) is 141. The summed E-state index contributed by atoms with van der Waals surface area (Å²) in [4.78, 5) is 38.2. The molecule has 4 aromatic carbocycles. The third kappa shape index (κ3) is 72.5. The minimum atomic E-state index is -0.0376. The van der Waals surface area contributed by atoms with Gasteiger partial charge in [0, 0.05) is 92.1 Å². The van der Waals surface area contributed by atoms with Crippen LogP contribution in [0.4, 0.5) is 0 Å². The summed E-state index contributed by atoms with van der Waals surface area (Å²) < 4.78 is 17.2. The zero-order chi connectivity index (χ0) is 110. The van der Waals surface area contributed by atoms with E-state index in [1.54, 1.807) is 48.4 Å². The van der Waals surface area contributed by atoms with E-state index >= 15 is 0 Å². The first-order chi connectivity index (χ1) is 68.0. The number of pyridine rings is 5. The number of fused-ring (bicyclic) bond motifs is 1. The van der Waals surface area contributed by atoms with Crippen LogP contribution in [0.2, 0.25) is 0 Å². The summed E-state index contributed by atoms with van der Waals surface area (Å²) in [6, 6.07) is 63.7. The Morgan fingerprint density at radius 1 is 0.424 bits per heavy atom. The van der Waals surface area contributed by atoms with Gasteiger partial charge in [-0.3, -0.25) is 19.6 Å². The predicted octanol–water partition coefficient (Wildman–Crippen LogP) is 40.7. The Morgan fingerprint density at radius 2 is 0.847 bits per heavy atom. The van der Waals surface area contributed by atoms with Gasteiger partial charge < -0.3 is 23.8 Å². The van der Waals surface area contributed by atoms with Gasteiger partial charge in [0.1, 0.15) is 5.75 Å². The van der Waals surface area contributed by atoms with Crippen molar-refractivity contribution in [3.63, 3.8) is 0 Å². The summed E-state index contributed by atoms with van der Waals surface area (Å²) in [5.74, 6) is 13.9. The molecule has 10 nitrogen and oxygen atoms in total. The highest BCUT2D eigenvalue weighted by molar-refractivity contribution is 7.10. The van der Waals surface area contributed by atoms with E-state index in [-0.39, 0.29) is 11.1 Å². The number of thiophene rings is 2. The minimum Gasteiger partial charge on any atom is -0.493 e. The lowest BCUT2D eigenvalue weighted by atomic mass is 9.82. The number of nitrogens with one attached hydrogen (secondary N) is 1. The normalized spacial score (nSPS) is 12.0. The van der Waals surface area contributed by atoms with Crippen molar-refractivity contribution in [2.24, 2.45) is 48.0 Å². The van der Waals surface area contributed by atoms with E-state index in [0.29, 0.717) is 76.4 Å². The van der Waals surface area contributed by atoms with E-state index in [0.717, 1.165) is 73.2 Å². The van der Waals surface area contributed by atoms with E-state index in [4.69, 9.17) is 14.2 Å². The maximum absolute atomic E-state index is 11.0. The summed E-state index contributed by atoms with van der Waals surface area (Å²) in [5.41, 5.74) is 17.4. The summed E-state index contributed by atoms with van der Waals surface area (Å²) in [7, 11) is 3.39. The van der Waals surface area contributed by atoms with Crippen molar-refractivity contribution in [3.05, 3.63) is 333 Å². The van der Waals surface area contributed by atoms with Crippen molar-refractivity contribution in [1.29, 1.82) is 0 Å². The zero-order valence-corrected chi connectivity index (χ0v) is 102. The lowest BCUT2D eigenvalue weighted by Crippen LogP contribution is -2.19. The first-order valence-electron chi connectivity index (χ1n) is 55.2. The summed E-state index contributed by atoms with van der Waals surface area (Å²) >= 11 is 3.60. The molecule has 1 saturated carbocycles. The molecule has 2 fully saturated rings. The maximum Gasteiger partial charge on any atom is 0.250 e. The molecule has 1 aliphatic carbocycles. The number of H-pyrrole nitrogens is 1. The second-order valence-electron chi connectivity index (χ2n) is 42.9. The van der Waals surface area contributed by atoms with Crippen molar-refractivity contribution in [1.82, 2.24) is 24.5 Å². The molecule has 14 rings (SSSR count). The van der Waals surface area contributed by atoms with Gasteiger partial charge in [0.05, 0.1) is 13.7 Å². The van der Waals surface area contributed by atoms with Gasteiger partial charge in [-0.05, 0) is 240 Å². The van der Waals surface area contributed by atoms with Crippen LogP contribution in [-0.2, 0) is 18.2 Å². The topological polar surface area (TPSA) is 121 Å². The Kier molecular flexibility index (Phi) is 84.7. The SMILES string of the molecule is CC.CC.CC(C)C(C)(C)C.CC(C)C1CCCCC1.CC(C)C1CCOCC1.CC(C)c1ccc(=O)[nH]c1.CC(C)c1ccc(=O)n(C)c1.CC(C)c1ccc2c(c1)CCO2.CC(C)c1ccccc1.CC(C)c1ccccc1.CC(C)c1ccccc1.CC(C)c1cccs1.CC(C)c1ccsc1.CCC.CCC(C)C.COc1ccc(C(C)C)cn1.Cc1ccc(C(C)C)cn1.Cc1ccc(C(C)C)nc1. The van der Waals surface area contributed by atoms with Crippen molar-refractivity contribution in [2.45, 2.75) is 420 Å². The van der Waals surface area contributed by atoms with Gasteiger partial charge in [-0.25, -0.2) is 4.98 Å². The molecule has 11 aromatic rings. The lowest BCUT2D eigenvalue weighted by molar-refractivity contribution is 0.0523. The molecular formula is C132H215N5O5S2. The molecule has 0 atom stereocenters. The predicted molar refractivity (Wildman–Crippen MR) is 644 cm³/mol. The Labute approximate surface area is 895 Å². The fourth-order valence-corrected chi connectivity index (χ4v) is 14.3. The Hall–Kier alpha value is -8.81. The van der Waals surface area contributed by atoms with Crippen LogP contribution < -0.4 is 20.6 Å². The van der Waals surface area contributed by atoms with Crippen molar-refractivity contribution >= 4 is 22.7 Å². The number of aromatic nitrogens is 5. The van der Waals surface area contributed by atoms with Crippen LogP contribution in [0.1, 0.15) is 477 Å². The molecule has 144 heavy (non-hydrogen) atoms. The number of nitrogens with zero attached hydrogens (tertiary/aromatic N) is 4. The van der Waals surface area contributed by atoms with E-state index in [1.807, 2.05) is 113 Å². The standard InChI is InChI=1S/C11H14O.2C9H13NO.2C9H13N.C9H18.3C9H12.C8H11NO.C8H16O.2C7H10S.C7H16.C5H12.C3H8.2C2H6/c1-8(2)9-3-4-11-10(7-9)5-6-12-11;1-7(2)8-4-5-9(11-3)10-6-8;1-7(2)8-4-5-9(11)10(3)6-8;1-7(2)9-5-4-8(3)10-6-9;1-7(2)9-5-4-8(3)6-10-9;4*1-8(2)9-6-4-3-5-7-9;1-6(2)7-3-4-8(10)9-5-7;1-7(2)8-3-5-9-6-4-8;1-6(2)7-3-4-8-5-7;1-6(2)7-4-3-5-8-7;1-6(2)7(3,4)5;1-4-5(2)3;1-3-2;2*1-2/h3-4,7-8H,5-6H2,1-2H3;2*4-7H,1-3H3;2*4-7H,1-3H3;8-9H,3-7H2,1-2H3;3*3-8H,1-2H3;3-6H,1-2H3,(H,9,10);7-8H,3-6H2,1-2H3;2*3-6H,1-2H3;6H,1-5H3;5H,4H2,1-3H3;3H2,1-2H3;2*1-2H3. The number of hydrogen-bond acceptors (Lipinski definition) is 10. The third-order valence-corrected chi connectivity index (χ3v) is 26.3. The van der Waals surface area contributed by atoms with Gasteiger partial charge in [0.2, 0.25) is 17.0 Å². The van der Waals surface area contributed by atoms with Crippen molar-refractivity contribution < 1.29 is 14.2 Å². The van der Waals surface area contributed by atoms with E-state index in [1.165, 1.54) is 130 Å². The molecule has 1 N–H and O–H groups in total. The van der Waals surface area contributed by atoms with Crippen molar-refractivity contribution in [3.8, 4) is 11.6 Å². The molecule has 0 radical (unpaired) electrons. The molecule has 0 amide bonds. The van der Waals surface area contributed by atoms with Gasteiger partial charge in [0.15, 0.2) is 0 Å². The quantitative estimate of drug-likeness (QED) is 0.108. The van der Waals surface area contributed by atoms with Crippen molar-refractivity contribution in [2.75, 3.05) is 26.9 Å². The highest BCUT2D eigenvalue weighted by Crippen LogP contribution is 2.32. The Bertz CT molecular complexity index is 4540. The second-order valence-corrected chi connectivity index (χ2v) is 44.6. The summed E-state index contributed by atoms with van der Waals surface area (Å²) in [6.07, 6.45) is 23.0. The number of hydrogen-bond donors (Lipinski definition) is 1. The molecule has 9 heterocycles. The van der Waals surface area contributed by atoms with E-state index in [2.05, 4.69) is 426 Å². The zero-order valence-electron chi connectivity index (χ0n) is 100. The van der Waals surface area contributed by atoms with Gasteiger partial charge in [-0.1, -0.05) is 461 Å². The average Bonchev–Trinajstić information content (AvgIpc) is 1.70. The van der Waals surface area contributed by atoms with Crippen LogP contribution in [0.25, 0.3) is 0 Å². The number of ether oxygens (including phenoxy) is 3. The maximum atomic E-state index is 11.0. The van der Waals surface area contributed by atoms with Gasteiger partial charge >= 0.3 is 0 Å². The van der Waals surface area contributed by atoms with Crippen LogP contribution in [0, 0.1) is 54.8 Å². The monoisotopic (exact) mass is 2010 g/mol. The van der Waals surface area contributed by atoms with Crippen LogP contribution in [0.3, 0.4) is 0 Å². The molecule has 810 valence electrons. The summed E-state index contributed by atoms with van der Waals surface area (Å²) in [5, 5.41) is 6.44. The van der Waals surface area contributed by atoms with Crippen LogP contribution in [-0.4, -0.2) is 51.4 Å². The molecule has 0 unspecified atom stereocenters. The minimum absolute atomic E-state index is 0.0376. The largest absolute Gasteiger partial charge is 0.493 e. The molecule has 0 bridgehead atoms. The fourth-order valence-electron chi connectivity index (χ4n) is 12.7. The molecule has 12 heteroatoms. The van der Waals surface area contributed by atoms with Crippen LogP contribution in [0.15, 0.2) is 245 Å². The van der Waals surface area contributed by atoms with Crippen LogP contribution in [0.5, 0.6) is 11.6 Å². The Morgan fingerprint density at radius 3 is 1.14 bits per heavy atom. The van der Waals surface area contributed by atoms with Gasteiger partial charge in [0.25, 0.3) is 0 Å². The van der Waals surface area contributed by atoms with Crippen LogP contribution >= 0.6 is 22.7 Å². The number of benzene rings is 4. The van der Waals surface area contributed by atoms with E-state index in [9.17, 15) is 9.59 Å². The number of aryl methyl sites for hydroxylation is 3. The lowest BCUT2D eigenvalue weighted by Gasteiger charge is -2.24. The Balaban J connectivity index is -0.000000728. The molecule has 1 saturated heterocycles. The number of methoxy groups -OCH3 is 1. The summed E-state index contributed by atoms with van der Waals surface area (Å²) in [6.45, 7) is 94.2. The highest BCUT2D eigenvalue weighted by Gasteiger charge is 2.19. The molecule has 0 spiro atoms.